The van der Waals surface area contributed by atoms with Crippen LogP contribution in [-0.2, 0) is 13.6 Å². The fraction of sp³-hybridized carbons (Fsp3) is 0.250. The van der Waals surface area contributed by atoms with Gasteiger partial charge in [0, 0.05) is 12.4 Å². The van der Waals surface area contributed by atoms with Gasteiger partial charge in [0.25, 0.3) is 0 Å². The third kappa shape index (κ3) is 3.41. The molecule has 1 aliphatic rings. The van der Waals surface area contributed by atoms with E-state index in [4.69, 9.17) is 9.05 Å². The summed E-state index contributed by atoms with van der Waals surface area (Å²) in [6.45, 7) is -3.12. The van der Waals surface area contributed by atoms with E-state index in [0.29, 0.717) is 0 Å². The number of rotatable bonds is 3. The zero-order chi connectivity index (χ0) is 14.7. The number of hydrogen-bond acceptors (Lipinski definition) is 4. The maximum Gasteiger partial charge on any atom is 0.390 e. The summed E-state index contributed by atoms with van der Waals surface area (Å²) in [6, 6.07) is 20.0. The number of benzene rings is 2. The highest BCUT2D eigenvalue weighted by Crippen LogP contribution is 2.72. The molecule has 0 N–H and O–H groups in total. The van der Waals surface area contributed by atoms with E-state index in [2.05, 4.69) is 12.1 Å². The van der Waals surface area contributed by atoms with E-state index in [9.17, 15) is 4.57 Å². The normalized spacial score (nSPS) is 29.2. The molecule has 3 unspecified atom stereocenters. The maximum absolute atomic E-state index is 12.7. The van der Waals surface area contributed by atoms with E-state index >= 15 is 0 Å². The fourth-order valence-corrected chi connectivity index (χ4v) is 6.30. The quantitative estimate of drug-likeness (QED) is 0.712. The summed E-state index contributed by atoms with van der Waals surface area (Å²) in [5.74, 6) is 0. The molecule has 0 saturated carbocycles. The Hall–Kier alpha value is -1.06. The SMILES string of the molecule is COP1(=O)OC(c2ccccc2)CC(c2ccccc2)S1. The first kappa shape index (κ1) is 14.9. The lowest BCUT2D eigenvalue weighted by Crippen LogP contribution is -2.12. The van der Waals surface area contributed by atoms with E-state index in [0.717, 1.165) is 17.5 Å². The molecule has 21 heavy (non-hydrogen) atoms. The van der Waals surface area contributed by atoms with Crippen molar-refractivity contribution in [3.63, 3.8) is 0 Å². The van der Waals surface area contributed by atoms with Crippen LogP contribution >= 0.6 is 18.2 Å². The molecule has 1 fully saturated rings. The predicted octanol–water partition coefficient (Wildman–Crippen LogP) is 5.38. The molecule has 1 heterocycles. The van der Waals surface area contributed by atoms with Crippen LogP contribution in [0.3, 0.4) is 0 Å². The van der Waals surface area contributed by atoms with Crippen molar-refractivity contribution < 1.29 is 13.6 Å². The van der Waals surface area contributed by atoms with Crippen LogP contribution < -0.4 is 0 Å². The van der Waals surface area contributed by atoms with Gasteiger partial charge < -0.3 is 4.52 Å². The predicted molar refractivity (Wildman–Crippen MR) is 86.3 cm³/mol. The monoisotopic (exact) mass is 320 g/mol. The molecule has 0 radical (unpaired) electrons. The van der Waals surface area contributed by atoms with Crippen LogP contribution in [0.5, 0.6) is 0 Å². The summed E-state index contributed by atoms with van der Waals surface area (Å²) < 4.78 is 23.6. The highest BCUT2D eigenvalue weighted by Gasteiger charge is 2.40. The van der Waals surface area contributed by atoms with Gasteiger partial charge in [-0.2, -0.15) is 0 Å². The van der Waals surface area contributed by atoms with E-state index in [1.807, 2.05) is 48.5 Å². The van der Waals surface area contributed by atoms with Gasteiger partial charge in [0.1, 0.15) is 0 Å². The summed E-state index contributed by atoms with van der Waals surface area (Å²) >= 11 is 1.30. The molecule has 0 amide bonds. The second kappa shape index (κ2) is 6.37. The van der Waals surface area contributed by atoms with Gasteiger partial charge in [0.15, 0.2) is 0 Å². The minimum atomic E-state index is -3.12. The van der Waals surface area contributed by atoms with Crippen LogP contribution in [0.15, 0.2) is 60.7 Å². The Kier molecular flexibility index (Phi) is 4.51. The van der Waals surface area contributed by atoms with Gasteiger partial charge in [-0.05, 0) is 28.9 Å². The highest BCUT2D eigenvalue weighted by atomic mass is 32.7. The Morgan fingerprint density at radius 2 is 1.62 bits per heavy atom. The molecule has 3 nitrogen and oxygen atoms in total. The third-order valence-corrected chi connectivity index (χ3v) is 7.69. The Bertz CT molecular complexity index is 581. The summed E-state index contributed by atoms with van der Waals surface area (Å²) in [4.78, 5) is 0. The van der Waals surface area contributed by atoms with Crippen molar-refractivity contribution in [3.05, 3.63) is 71.8 Å². The molecule has 1 saturated heterocycles. The van der Waals surface area contributed by atoms with E-state index in [-0.39, 0.29) is 11.4 Å². The molecular formula is C16H17O3PS. The summed E-state index contributed by atoms with van der Waals surface area (Å²) in [6.07, 6.45) is 0.579. The van der Waals surface area contributed by atoms with Gasteiger partial charge in [0.05, 0.1) is 6.10 Å². The highest BCUT2D eigenvalue weighted by molar-refractivity contribution is 8.55. The summed E-state index contributed by atoms with van der Waals surface area (Å²) in [7, 11) is 1.45. The first-order valence-electron chi connectivity index (χ1n) is 6.83. The van der Waals surface area contributed by atoms with E-state index in [1.165, 1.54) is 18.5 Å². The molecular weight excluding hydrogens is 303 g/mol. The average Bonchev–Trinajstić information content (AvgIpc) is 2.56. The lowest BCUT2D eigenvalue weighted by Gasteiger charge is -2.33. The second-order valence-corrected chi connectivity index (χ2v) is 9.10. The molecule has 0 spiro atoms. The van der Waals surface area contributed by atoms with Gasteiger partial charge in [-0.3, -0.25) is 4.52 Å². The summed E-state index contributed by atoms with van der Waals surface area (Å²) in [5.41, 5.74) is 2.19. The van der Waals surface area contributed by atoms with Gasteiger partial charge in [0.2, 0.25) is 0 Å². The average molecular weight is 320 g/mol. The molecule has 0 aromatic heterocycles. The molecule has 1 aliphatic heterocycles. The van der Waals surface area contributed by atoms with Crippen molar-refractivity contribution in [1.82, 2.24) is 0 Å². The topological polar surface area (TPSA) is 35.5 Å². The second-order valence-electron chi connectivity index (χ2n) is 4.87. The Morgan fingerprint density at radius 3 is 2.19 bits per heavy atom. The molecule has 3 atom stereocenters. The largest absolute Gasteiger partial charge is 0.390 e. The minimum absolute atomic E-state index is 0.107. The molecule has 2 aromatic carbocycles. The molecule has 0 aliphatic carbocycles. The van der Waals surface area contributed by atoms with E-state index < -0.39 is 6.80 Å². The maximum atomic E-state index is 12.7. The van der Waals surface area contributed by atoms with Crippen LogP contribution in [0.4, 0.5) is 0 Å². The Balaban J connectivity index is 1.91. The first-order chi connectivity index (χ1) is 10.2. The third-order valence-electron chi connectivity index (χ3n) is 3.51. The molecule has 3 rings (SSSR count). The molecule has 110 valence electrons. The zero-order valence-electron chi connectivity index (χ0n) is 11.7. The van der Waals surface area contributed by atoms with Crippen molar-refractivity contribution in [2.75, 3.05) is 7.11 Å². The lowest BCUT2D eigenvalue weighted by molar-refractivity contribution is 0.159. The van der Waals surface area contributed by atoms with Crippen molar-refractivity contribution in [1.29, 1.82) is 0 Å². The van der Waals surface area contributed by atoms with Gasteiger partial charge in [-0.25, -0.2) is 4.57 Å². The molecule has 0 bridgehead atoms. The number of hydrogen-bond donors (Lipinski definition) is 0. The summed E-state index contributed by atoms with van der Waals surface area (Å²) in [5, 5.41) is 0.107. The minimum Gasteiger partial charge on any atom is -0.304 e. The standard InChI is InChI=1S/C16H17O3PS/c1-18-20(17)19-15(13-8-4-2-5-9-13)12-16(21-20)14-10-6-3-7-11-14/h2-11,15-16H,12H2,1H3. The van der Waals surface area contributed by atoms with Crippen LogP contribution in [-0.4, -0.2) is 7.11 Å². The van der Waals surface area contributed by atoms with Crippen molar-refractivity contribution in [3.8, 4) is 0 Å². The van der Waals surface area contributed by atoms with Crippen LogP contribution in [0, 0.1) is 0 Å². The van der Waals surface area contributed by atoms with Crippen molar-refractivity contribution in [2.24, 2.45) is 0 Å². The van der Waals surface area contributed by atoms with Crippen molar-refractivity contribution in [2.45, 2.75) is 17.8 Å². The lowest BCUT2D eigenvalue weighted by atomic mass is 10.0. The van der Waals surface area contributed by atoms with Crippen molar-refractivity contribution >= 4 is 18.2 Å². The van der Waals surface area contributed by atoms with E-state index in [1.54, 1.807) is 0 Å². The van der Waals surface area contributed by atoms with Gasteiger partial charge >= 0.3 is 6.80 Å². The zero-order valence-corrected chi connectivity index (χ0v) is 13.4. The first-order valence-corrected chi connectivity index (χ1v) is 9.85. The van der Waals surface area contributed by atoms with Gasteiger partial charge in [-0.1, -0.05) is 60.7 Å². The molecule has 5 heteroatoms. The smallest absolute Gasteiger partial charge is 0.304 e. The van der Waals surface area contributed by atoms with Crippen LogP contribution in [0.2, 0.25) is 0 Å². The molecule has 2 aromatic rings. The fourth-order valence-electron chi connectivity index (χ4n) is 2.43. The Morgan fingerprint density at radius 1 is 1.05 bits per heavy atom. The van der Waals surface area contributed by atoms with Gasteiger partial charge in [-0.15, -0.1) is 0 Å². The van der Waals surface area contributed by atoms with Crippen LogP contribution in [0.1, 0.15) is 28.9 Å². The Labute approximate surface area is 129 Å². The van der Waals surface area contributed by atoms with Crippen LogP contribution in [0.25, 0.3) is 0 Å².